The lowest BCUT2D eigenvalue weighted by Crippen LogP contribution is -2.49. The molecule has 0 saturated carbocycles. The Kier molecular flexibility index (Phi) is 5.60. The number of piperidine rings is 1. The highest BCUT2D eigenvalue weighted by Crippen LogP contribution is 2.50. The van der Waals surface area contributed by atoms with Crippen LogP contribution in [0.2, 0.25) is 0 Å². The molecule has 1 fully saturated rings. The fraction of sp³-hybridized carbons (Fsp3) is 0.231. The molecule has 1 unspecified atom stereocenters. The van der Waals surface area contributed by atoms with E-state index in [-0.39, 0.29) is 31.2 Å². The Labute approximate surface area is 201 Å². The number of carboxylic acid groups (broad SMARTS) is 2. The van der Waals surface area contributed by atoms with Gasteiger partial charge in [-0.2, -0.15) is 0 Å². The number of hydrogen-bond donors (Lipinski definition) is 2. The maximum absolute atomic E-state index is 12.9. The van der Waals surface area contributed by atoms with Crippen LogP contribution in [0.1, 0.15) is 18.4 Å². The second kappa shape index (κ2) is 8.75. The number of rotatable bonds is 5. The second-order valence-corrected chi connectivity index (χ2v) is 8.83. The third kappa shape index (κ3) is 4.28. The topological polar surface area (TPSA) is 120 Å². The zero-order valence-electron chi connectivity index (χ0n) is 18.8. The van der Waals surface area contributed by atoms with E-state index >= 15 is 0 Å². The van der Waals surface area contributed by atoms with Crippen LogP contribution in [0.15, 0.2) is 66.9 Å². The number of pyridine rings is 1. The van der Waals surface area contributed by atoms with Crippen molar-refractivity contribution < 1.29 is 29.3 Å². The zero-order chi connectivity index (χ0) is 24.6. The summed E-state index contributed by atoms with van der Waals surface area (Å²) in [5.41, 5.74) is 3.15. The molecule has 1 amide bonds. The number of fused-ring (bicyclic) bond motifs is 2. The van der Waals surface area contributed by atoms with Gasteiger partial charge in [-0.3, -0.25) is 9.59 Å². The Bertz CT molecular complexity index is 1290. The molecule has 3 heterocycles. The standard InChI is InChI=1S/C26H23N3O6/c30-22-13-26(10-11-28(22)15-23(31)32)16-29(24-21(26)12-20(14-27-24)35-25(33)34)19-8-6-18(7-9-19)17-4-2-1-3-5-17/h1-9,12,14H,10-11,13,15-16H2,(H,31,32)(H,33,34). The Morgan fingerprint density at radius 3 is 2.40 bits per heavy atom. The van der Waals surface area contributed by atoms with Crippen molar-refractivity contribution in [3.8, 4) is 16.9 Å². The normalized spacial score (nSPS) is 19.0. The number of aromatic nitrogens is 1. The van der Waals surface area contributed by atoms with Gasteiger partial charge in [-0.25, -0.2) is 9.78 Å². The van der Waals surface area contributed by atoms with Gasteiger partial charge in [0.25, 0.3) is 0 Å². The van der Waals surface area contributed by atoms with Gasteiger partial charge in [0.1, 0.15) is 12.4 Å². The first-order valence-electron chi connectivity index (χ1n) is 11.2. The van der Waals surface area contributed by atoms with Crippen molar-refractivity contribution in [1.29, 1.82) is 0 Å². The van der Waals surface area contributed by atoms with Crippen molar-refractivity contribution in [2.24, 2.45) is 0 Å². The van der Waals surface area contributed by atoms with E-state index in [1.807, 2.05) is 59.5 Å². The molecule has 2 aliphatic rings. The molecule has 3 aromatic rings. The molecule has 0 bridgehead atoms. The first-order valence-corrected chi connectivity index (χ1v) is 11.2. The third-order valence-corrected chi connectivity index (χ3v) is 6.65. The minimum Gasteiger partial charge on any atom is -0.480 e. The van der Waals surface area contributed by atoms with Crippen LogP contribution in [-0.4, -0.2) is 57.8 Å². The highest BCUT2D eigenvalue weighted by Gasteiger charge is 2.49. The first-order chi connectivity index (χ1) is 16.8. The van der Waals surface area contributed by atoms with E-state index in [1.165, 1.54) is 11.1 Å². The van der Waals surface area contributed by atoms with Crippen LogP contribution < -0.4 is 9.64 Å². The molecule has 9 nitrogen and oxygen atoms in total. The van der Waals surface area contributed by atoms with Gasteiger partial charge in [0.2, 0.25) is 5.91 Å². The van der Waals surface area contributed by atoms with Gasteiger partial charge in [0.15, 0.2) is 5.75 Å². The van der Waals surface area contributed by atoms with Crippen LogP contribution in [0.5, 0.6) is 5.75 Å². The summed E-state index contributed by atoms with van der Waals surface area (Å²) in [5, 5.41) is 18.2. The molecular weight excluding hydrogens is 450 g/mol. The molecule has 0 radical (unpaired) electrons. The monoisotopic (exact) mass is 473 g/mol. The smallest absolute Gasteiger partial charge is 0.480 e. The number of ether oxygens (including phenoxy) is 1. The van der Waals surface area contributed by atoms with Crippen LogP contribution in [0.25, 0.3) is 11.1 Å². The number of carbonyl (C=O) groups excluding carboxylic acids is 1. The summed E-state index contributed by atoms with van der Waals surface area (Å²) in [6.07, 6.45) is 0.540. The summed E-state index contributed by atoms with van der Waals surface area (Å²) >= 11 is 0. The average Bonchev–Trinajstić information content (AvgIpc) is 3.14. The number of carboxylic acids is 1. The van der Waals surface area contributed by atoms with E-state index < -0.39 is 17.5 Å². The lowest BCUT2D eigenvalue weighted by molar-refractivity contribution is -0.146. The van der Waals surface area contributed by atoms with Crippen molar-refractivity contribution >= 4 is 29.5 Å². The summed E-state index contributed by atoms with van der Waals surface area (Å²) in [5.74, 6) is -0.595. The van der Waals surface area contributed by atoms with E-state index in [0.29, 0.717) is 18.8 Å². The summed E-state index contributed by atoms with van der Waals surface area (Å²) in [6, 6.07) is 19.7. The predicted molar refractivity (Wildman–Crippen MR) is 127 cm³/mol. The first kappa shape index (κ1) is 22.4. The summed E-state index contributed by atoms with van der Waals surface area (Å²) in [4.78, 5) is 43.0. The molecule has 35 heavy (non-hydrogen) atoms. The van der Waals surface area contributed by atoms with Crippen molar-refractivity contribution in [1.82, 2.24) is 9.88 Å². The Balaban J connectivity index is 1.50. The molecule has 2 aromatic carbocycles. The number of carbonyl (C=O) groups is 3. The van der Waals surface area contributed by atoms with Crippen molar-refractivity contribution in [3.63, 3.8) is 0 Å². The number of nitrogens with zero attached hydrogens (tertiary/aromatic N) is 3. The number of likely N-dealkylation sites (tertiary alicyclic amines) is 1. The molecule has 1 aromatic heterocycles. The molecule has 2 aliphatic heterocycles. The summed E-state index contributed by atoms with van der Waals surface area (Å²) < 4.78 is 4.84. The van der Waals surface area contributed by atoms with E-state index in [0.717, 1.165) is 22.4 Å². The maximum Gasteiger partial charge on any atom is 0.511 e. The molecule has 178 valence electrons. The van der Waals surface area contributed by atoms with Gasteiger partial charge in [-0.1, -0.05) is 42.5 Å². The average molecular weight is 473 g/mol. The van der Waals surface area contributed by atoms with E-state index in [1.54, 1.807) is 6.07 Å². The van der Waals surface area contributed by atoms with Crippen LogP contribution >= 0.6 is 0 Å². The highest BCUT2D eigenvalue weighted by molar-refractivity contribution is 5.85. The Hall–Kier alpha value is -4.40. The molecule has 5 rings (SSSR count). The van der Waals surface area contributed by atoms with Gasteiger partial charge in [0, 0.05) is 36.2 Å². The second-order valence-electron chi connectivity index (χ2n) is 8.83. The van der Waals surface area contributed by atoms with Crippen LogP contribution in [-0.2, 0) is 15.0 Å². The van der Waals surface area contributed by atoms with Gasteiger partial charge >= 0.3 is 12.1 Å². The van der Waals surface area contributed by atoms with Gasteiger partial charge < -0.3 is 24.7 Å². The van der Waals surface area contributed by atoms with Crippen molar-refractivity contribution in [3.05, 3.63) is 72.4 Å². The van der Waals surface area contributed by atoms with Crippen molar-refractivity contribution in [2.45, 2.75) is 18.3 Å². The van der Waals surface area contributed by atoms with Crippen LogP contribution in [0.3, 0.4) is 0 Å². The van der Waals surface area contributed by atoms with E-state index in [2.05, 4.69) is 4.98 Å². The minimum absolute atomic E-state index is 0.0808. The van der Waals surface area contributed by atoms with Crippen molar-refractivity contribution in [2.75, 3.05) is 24.5 Å². The van der Waals surface area contributed by atoms with Gasteiger partial charge in [0.05, 0.1) is 6.20 Å². The number of benzene rings is 2. The fourth-order valence-electron chi connectivity index (χ4n) is 5.00. The highest BCUT2D eigenvalue weighted by atomic mass is 16.7. The zero-order valence-corrected chi connectivity index (χ0v) is 18.8. The van der Waals surface area contributed by atoms with Gasteiger partial charge in [-0.05, 0) is 35.7 Å². The molecular formula is C26H23N3O6. The number of aliphatic carboxylic acids is 1. The molecule has 9 heteroatoms. The summed E-state index contributed by atoms with van der Waals surface area (Å²) in [6.45, 7) is 0.408. The Morgan fingerprint density at radius 1 is 1.03 bits per heavy atom. The molecule has 1 spiro atoms. The molecule has 0 aliphatic carbocycles. The van der Waals surface area contributed by atoms with Gasteiger partial charge in [-0.15, -0.1) is 0 Å². The number of amides is 1. The quantitative estimate of drug-likeness (QED) is 0.536. The number of anilines is 2. The minimum atomic E-state index is -1.44. The lowest BCUT2D eigenvalue weighted by Gasteiger charge is -2.38. The third-order valence-electron chi connectivity index (χ3n) is 6.65. The largest absolute Gasteiger partial charge is 0.511 e. The molecule has 1 saturated heterocycles. The predicted octanol–water partition coefficient (Wildman–Crippen LogP) is 3.90. The van der Waals surface area contributed by atoms with E-state index in [4.69, 9.17) is 14.9 Å². The van der Waals surface area contributed by atoms with E-state index in [9.17, 15) is 14.4 Å². The molecule has 1 atom stereocenters. The lowest BCUT2D eigenvalue weighted by atomic mass is 9.74. The van der Waals surface area contributed by atoms with Crippen LogP contribution in [0.4, 0.5) is 16.3 Å². The maximum atomic E-state index is 12.9. The van der Waals surface area contributed by atoms with Crippen LogP contribution in [0, 0.1) is 0 Å². The fourth-order valence-corrected chi connectivity index (χ4v) is 5.00. The SMILES string of the molecule is O=C(O)CN1CCC2(CC1=O)CN(c1ccc(-c3ccccc3)cc1)c1ncc(OC(=O)O)cc12. The summed E-state index contributed by atoms with van der Waals surface area (Å²) in [7, 11) is 0. The number of hydrogen-bond acceptors (Lipinski definition) is 6. The molecule has 2 N–H and O–H groups in total. The Morgan fingerprint density at radius 2 is 1.74 bits per heavy atom.